The highest BCUT2D eigenvalue weighted by Gasteiger charge is 2.17. The number of hydrogen-bond acceptors (Lipinski definition) is 7. The van der Waals surface area contributed by atoms with Crippen LogP contribution in [0.1, 0.15) is 26.5 Å². The Morgan fingerprint density at radius 2 is 1.94 bits per heavy atom. The standard InChI is InChI=1S/C23H26FN5O3/c1-23(2,3)32-22(30)26-14-17-12-19-15(13-25-17)4-5-18(27-19)20-10-16(24)11-21(28-20)29-6-8-31-9-7-29/h4-5,10-13H,6-9,14H2,1-3H3,(H,26,30). The number of carbonyl (C=O) groups is 1. The quantitative estimate of drug-likeness (QED) is 0.663. The Balaban J connectivity index is 1.56. The van der Waals surface area contributed by atoms with Crippen LogP contribution in [0.3, 0.4) is 0 Å². The number of ether oxygens (including phenoxy) is 2. The first-order chi connectivity index (χ1) is 15.3. The average molecular weight is 439 g/mol. The maximum absolute atomic E-state index is 14.4. The Hall–Kier alpha value is -3.33. The fourth-order valence-corrected chi connectivity index (χ4v) is 3.34. The minimum Gasteiger partial charge on any atom is -0.444 e. The van der Waals surface area contributed by atoms with Crippen LogP contribution in [-0.2, 0) is 16.0 Å². The lowest BCUT2D eigenvalue weighted by Gasteiger charge is -2.28. The van der Waals surface area contributed by atoms with Gasteiger partial charge in [0, 0.05) is 36.8 Å². The largest absolute Gasteiger partial charge is 0.444 e. The summed E-state index contributed by atoms with van der Waals surface area (Å²) in [6.07, 6.45) is 1.18. The molecule has 1 fully saturated rings. The summed E-state index contributed by atoms with van der Waals surface area (Å²) in [4.78, 5) is 27.6. The molecule has 4 heterocycles. The highest BCUT2D eigenvalue weighted by atomic mass is 19.1. The Bertz CT molecular complexity index is 1130. The summed E-state index contributed by atoms with van der Waals surface area (Å²) < 4.78 is 25.0. The third-order valence-electron chi connectivity index (χ3n) is 4.82. The van der Waals surface area contributed by atoms with E-state index in [9.17, 15) is 9.18 Å². The van der Waals surface area contributed by atoms with E-state index in [1.165, 1.54) is 12.1 Å². The van der Waals surface area contributed by atoms with E-state index in [4.69, 9.17) is 9.47 Å². The third kappa shape index (κ3) is 5.47. The molecule has 9 heteroatoms. The number of hydrogen-bond donors (Lipinski definition) is 1. The minimum atomic E-state index is -0.574. The number of morpholine rings is 1. The molecule has 0 bridgehead atoms. The van der Waals surface area contributed by atoms with E-state index in [0.717, 1.165) is 5.39 Å². The number of carbonyl (C=O) groups excluding carboxylic acids is 1. The fraction of sp³-hybridized carbons (Fsp3) is 0.391. The highest BCUT2D eigenvalue weighted by Crippen LogP contribution is 2.24. The zero-order valence-electron chi connectivity index (χ0n) is 18.4. The summed E-state index contributed by atoms with van der Waals surface area (Å²) in [5, 5.41) is 3.52. The summed E-state index contributed by atoms with van der Waals surface area (Å²) in [7, 11) is 0. The van der Waals surface area contributed by atoms with Crippen LogP contribution < -0.4 is 10.2 Å². The van der Waals surface area contributed by atoms with Gasteiger partial charge in [0.1, 0.15) is 17.2 Å². The minimum absolute atomic E-state index is 0.205. The van der Waals surface area contributed by atoms with Gasteiger partial charge in [-0.1, -0.05) is 0 Å². The summed E-state index contributed by atoms with van der Waals surface area (Å²) in [6, 6.07) is 8.27. The molecule has 0 radical (unpaired) electrons. The molecule has 3 aromatic heterocycles. The molecule has 1 saturated heterocycles. The van der Waals surface area contributed by atoms with Crippen molar-refractivity contribution in [3.05, 3.63) is 48.0 Å². The highest BCUT2D eigenvalue weighted by molar-refractivity contribution is 5.81. The number of amides is 1. The molecule has 0 aromatic carbocycles. The number of alkyl carbamates (subject to hydrolysis) is 1. The summed E-state index contributed by atoms with van der Waals surface area (Å²) in [5.41, 5.74) is 1.75. The molecule has 168 valence electrons. The van der Waals surface area contributed by atoms with Crippen molar-refractivity contribution < 1.29 is 18.7 Å². The van der Waals surface area contributed by atoms with Gasteiger partial charge in [-0.15, -0.1) is 0 Å². The van der Waals surface area contributed by atoms with Crippen molar-refractivity contribution in [3.8, 4) is 11.4 Å². The lowest BCUT2D eigenvalue weighted by molar-refractivity contribution is 0.0523. The molecule has 8 nitrogen and oxygen atoms in total. The molecule has 1 aliphatic rings. The molecule has 1 amide bonds. The number of anilines is 1. The van der Waals surface area contributed by atoms with Gasteiger partial charge in [-0.2, -0.15) is 0 Å². The number of nitrogens with zero attached hydrogens (tertiary/aromatic N) is 4. The number of fused-ring (bicyclic) bond motifs is 1. The zero-order valence-corrected chi connectivity index (χ0v) is 18.4. The van der Waals surface area contributed by atoms with Gasteiger partial charge in [0.25, 0.3) is 0 Å². The van der Waals surface area contributed by atoms with Crippen molar-refractivity contribution in [1.29, 1.82) is 0 Å². The first-order valence-corrected chi connectivity index (χ1v) is 10.5. The van der Waals surface area contributed by atoms with E-state index in [1.54, 1.807) is 39.1 Å². The molecule has 0 unspecified atom stereocenters. The fourth-order valence-electron chi connectivity index (χ4n) is 3.34. The van der Waals surface area contributed by atoms with E-state index < -0.39 is 11.7 Å². The molecule has 0 atom stereocenters. The molecule has 32 heavy (non-hydrogen) atoms. The summed E-state index contributed by atoms with van der Waals surface area (Å²) >= 11 is 0. The molecule has 0 spiro atoms. The molecule has 1 aliphatic heterocycles. The topological polar surface area (TPSA) is 89.5 Å². The van der Waals surface area contributed by atoms with Crippen LogP contribution in [0.2, 0.25) is 0 Å². The predicted molar refractivity (Wildman–Crippen MR) is 119 cm³/mol. The SMILES string of the molecule is CC(C)(C)OC(=O)NCc1cc2nc(-c3cc(F)cc(N4CCOCC4)n3)ccc2cn1. The van der Waals surface area contributed by atoms with E-state index >= 15 is 0 Å². The van der Waals surface area contributed by atoms with E-state index in [-0.39, 0.29) is 12.4 Å². The molecular weight excluding hydrogens is 413 g/mol. The lowest BCUT2D eigenvalue weighted by Crippen LogP contribution is -2.36. The van der Waals surface area contributed by atoms with Gasteiger partial charge in [-0.25, -0.2) is 19.2 Å². The van der Waals surface area contributed by atoms with Gasteiger partial charge in [0.15, 0.2) is 0 Å². The number of pyridine rings is 3. The normalized spacial score (nSPS) is 14.4. The Morgan fingerprint density at radius 3 is 2.69 bits per heavy atom. The van der Waals surface area contributed by atoms with Crippen molar-refractivity contribution >= 4 is 22.8 Å². The van der Waals surface area contributed by atoms with Gasteiger partial charge in [0.2, 0.25) is 0 Å². The first-order valence-electron chi connectivity index (χ1n) is 10.5. The van der Waals surface area contributed by atoms with Crippen molar-refractivity contribution in [2.75, 3.05) is 31.2 Å². The molecule has 4 rings (SSSR count). The van der Waals surface area contributed by atoms with E-state index in [2.05, 4.69) is 20.3 Å². The van der Waals surface area contributed by atoms with Gasteiger partial charge in [-0.05, 0) is 39.0 Å². The van der Waals surface area contributed by atoms with Crippen LogP contribution in [0.4, 0.5) is 15.0 Å². The van der Waals surface area contributed by atoms with E-state index in [1.807, 2.05) is 11.0 Å². The molecule has 0 saturated carbocycles. The molecule has 0 aliphatic carbocycles. The predicted octanol–water partition coefficient (Wildman–Crippen LogP) is 3.69. The van der Waals surface area contributed by atoms with Gasteiger partial charge in [-0.3, -0.25) is 4.98 Å². The average Bonchev–Trinajstić information content (AvgIpc) is 2.76. The number of rotatable bonds is 4. The summed E-state index contributed by atoms with van der Waals surface area (Å²) in [5.74, 6) is 0.206. The van der Waals surface area contributed by atoms with Crippen molar-refractivity contribution in [2.24, 2.45) is 0 Å². The molecular formula is C23H26FN5O3. The van der Waals surface area contributed by atoms with Crippen molar-refractivity contribution in [2.45, 2.75) is 32.9 Å². The van der Waals surface area contributed by atoms with E-state index in [0.29, 0.717) is 54.7 Å². The van der Waals surface area contributed by atoms with Crippen LogP contribution in [0.15, 0.2) is 36.5 Å². The number of nitrogens with one attached hydrogen (secondary N) is 1. The van der Waals surface area contributed by atoms with Crippen LogP contribution >= 0.6 is 0 Å². The van der Waals surface area contributed by atoms with Crippen molar-refractivity contribution in [1.82, 2.24) is 20.3 Å². The first kappa shape index (κ1) is 21.9. The summed E-state index contributed by atoms with van der Waals surface area (Å²) in [6.45, 7) is 8.13. The second-order valence-electron chi connectivity index (χ2n) is 8.55. The smallest absolute Gasteiger partial charge is 0.407 e. The Labute approximate surface area is 185 Å². The maximum atomic E-state index is 14.4. The second-order valence-corrected chi connectivity index (χ2v) is 8.55. The van der Waals surface area contributed by atoms with Gasteiger partial charge in [0.05, 0.1) is 42.4 Å². The maximum Gasteiger partial charge on any atom is 0.407 e. The van der Waals surface area contributed by atoms with Gasteiger partial charge >= 0.3 is 6.09 Å². The number of halogens is 1. The number of aromatic nitrogens is 3. The lowest BCUT2D eigenvalue weighted by atomic mass is 10.2. The second kappa shape index (κ2) is 9.04. The van der Waals surface area contributed by atoms with Crippen LogP contribution in [0, 0.1) is 5.82 Å². The molecule has 3 aromatic rings. The zero-order chi connectivity index (χ0) is 22.7. The third-order valence-corrected chi connectivity index (χ3v) is 4.82. The van der Waals surface area contributed by atoms with Crippen molar-refractivity contribution in [3.63, 3.8) is 0 Å². The van der Waals surface area contributed by atoms with Crippen LogP contribution in [-0.4, -0.2) is 52.9 Å². The molecule has 1 N–H and O–H groups in total. The monoisotopic (exact) mass is 439 g/mol. The van der Waals surface area contributed by atoms with Crippen LogP contribution in [0.5, 0.6) is 0 Å². The Morgan fingerprint density at radius 1 is 1.16 bits per heavy atom. The van der Waals surface area contributed by atoms with Gasteiger partial charge < -0.3 is 19.7 Å². The Kier molecular flexibility index (Phi) is 6.18. The van der Waals surface area contributed by atoms with Crippen LogP contribution in [0.25, 0.3) is 22.3 Å².